The number of carbonyl (C=O) groups is 1. The topological polar surface area (TPSA) is 99.2 Å². The summed E-state index contributed by atoms with van der Waals surface area (Å²) in [5.41, 5.74) is 1.98. The quantitative estimate of drug-likeness (QED) is 0.511. The highest BCUT2D eigenvalue weighted by Crippen LogP contribution is 2.24. The van der Waals surface area contributed by atoms with E-state index in [4.69, 9.17) is 9.15 Å². The van der Waals surface area contributed by atoms with Crippen molar-refractivity contribution in [1.29, 1.82) is 0 Å². The van der Waals surface area contributed by atoms with Gasteiger partial charge in [0.1, 0.15) is 23.2 Å². The zero-order valence-corrected chi connectivity index (χ0v) is 17.6. The van der Waals surface area contributed by atoms with Gasteiger partial charge in [-0.3, -0.25) is 9.59 Å². The van der Waals surface area contributed by atoms with Crippen LogP contribution in [0.4, 0.5) is 0 Å². The molecule has 0 saturated carbocycles. The summed E-state index contributed by atoms with van der Waals surface area (Å²) < 4.78 is 12.0. The van der Waals surface area contributed by atoms with E-state index < -0.39 is 0 Å². The Morgan fingerprint density at radius 3 is 2.80 bits per heavy atom. The number of thiazole rings is 1. The van der Waals surface area contributed by atoms with Gasteiger partial charge in [-0.15, -0.1) is 11.3 Å². The first-order valence-electron chi connectivity index (χ1n) is 9.29. The molecule has 0 atom stereocenters. The summed E-state index contributed by atoms with van der Waals surface area (Å²) in [4.78, 5) is 33.8. The summed E-state index contributed by atoms with van der Waals surface area (Å²) in [7, 11) is 3.22. The zero-order valence-electron chi connectivity index (χ0n) is 16.8. The Morgan fingerprint density at radius 2 is 2.07 bits per heavy atom. The molecule has 8 nitrogen and oxygen atoms in total. The number of carbonyl (C=O) groups excluding carboxylic acids is 1. The standard InChI is InChI=1S/C21H20N4O4S/c1-12-17(18-20(29-12)23-11-25(2)21(18)27)19(26)22-9-8-16-24-15(10-30-16)13-4-6-14(28-3)7-5-13/h4-7,10-11H,8-9H2,1-3H3,(H,22,26). The van der Waals surface area contributed by atoms with Crippen molar-refractivity contribution in [3.63, 3.8) is 0 Å². The maximum atomic E-state index is 12.7. The van der Waals surface area contributed by atoms with Gasteiger partial charge in [-0.1, -0.05) is 0 Å². The predicted octanol–water partition coefficient (Wildman–Crippen LogP) is 2.94. The number of aryl methyl sites for hydroxylation is 2. The lowest BCUT2D eigenvalue weighted by Gasteiger charge is -2.04. The average molecular weight is 424 g/mol. The number of hydrogen-bond donors (Lipinski definition) is 1. The molecule has 30 heavy (non-hydrogen) atoms. The Morgan fingerprint density at radius 1 is 1.30 bits per heavy atom. The van der Waals surface area contributed by atoms with Gasteiger partial charge in [0, 0.05) is 31.0 Å². The summed E-state index contributed by atoms with van der Waals surface area (Å²) in [5, 5.41) is 5.95. The van der Waals surface area contributed by atoms with E-state index in [1.165, 1.54) is 22.2 Å². The largest absolute Gasteiger partial charge is 0.497 e. The highest BCUT2D eigenvalue weighted by atomic mass is 32.1. The van der Waals surface area contributed by atoms with Gasteiger partial charge in [-0.05, 0) is 31.2 Å². The van der Waals surface area contributed by atoms with Crippen molar-refractivity contribution in [2.75, 3.05) is 13.7 Å². The molecule has 0 fully saturated rings. The van der Waals surface area contributed by atoms with Gasteiger partial charge >= 0.3 is 0 Å². The highest BCUT2D eigenvalue weighted by Gasteiger charge is 2.22. The smallest absolute Gasteiger partial charge is 0.265 e. The van der Waals surface area contributed by atoms with Crippen LogP contribution >= 0.6 is 11.3 Å². The summed E-state index contributed by atoms with van der Waals surface area (Å²) in [5.74, 6) is 0.807. The fourth-order valence-electron chi connectivity index (χ4n) is 3.15. The Labute approximate surface area is 176 Å². The van der Waals surface area contributed by atoms with E-state index in [1.54, 1.807) is 21.1 Å². The van der Waals surface area contributed by atoms with Gasteiger partial charge < -0.3 is 19.0 Å². The maximum Gasteiger partial charge on any atom is 0.265 e. The van der Waals surface area contributed by atoms with E-state index in [9.17, 15) is 9.59 Å². The molecular formula is C21H20N4O4S. The second-order valence-electron chi connectivity index (χ2n) is 6.73. The fraction of sp³-hybridized carbons (Fsp3) is 0.238. The molecule has 4 rings (SSSR count). The number of rotatable bonds is 6. The van der Waals surface area contributed by atoms with Crippen molar-refractivity contribution < 1.29 is 13.9 Å². The van der Waals surface area contributed by atoms with Crippen LogP contribution in [0.2, 0.25) is 0 Å². The first kappa shape index (κ1) is 19.8. The van der Waals surface area contributed by atoms with Crippen LogP contribution in [-0.2, 0) is 13.5 Å². The highest BCUT2D eigenvalue weighted by molar-refractivity contribution is 7.09. The Balaban J connectivity index is 1.44. The fourth-order valence-corrected chi connectivity index (χ4v) is 3.96. The number of benzene rings is 1. The van der Waals surface area contributed by atoms with Gasteiger partial charge in [-0.2, -0.15) is 0 Å². The molecule has 0 bridgehead atoms. The molecule has 1 aromatic carbocycles. The van der Waals surface area contributed by atoms with Crippen LogP contribution in [0, 0.1) is 6.92 Å². The van der Waals surface area contributed by atoms with Crippen LogP contribution in [0.5, 0.6) is 5.75 Å². The van der Waals surface area contributed by atoms with Gasteiger partial charge in [-0.25, -0.2) is 9.97 Å². The third-order valence-corrected chi connectivity index (χ3v) is 5.65. The predicted molar refractivity (Wildman–Crippen MR) is 114 cm³/mol. The van der Waals surface area contributed by atoms with E-state index >= 15 is 0 Å². The number of hydrogen-bond acceptors (Lipinski definition) is 7. The van der Waals surface area contributed by atoms with Crippen LogP contribution in [0.1, 0.15) is 21.1 Å². The molecule has 4 aromatic rings. The maximum absolute atomic E-state index is 12.7. The van der Waals surface area contributed by atoms with Crippen LogP contribution in [0.3, 0.4) is 0 Å². The van der Waals surface area contributed by atoms with Crippen LogP contribution in [0.15, 0.2) is 45.2 Å². The second kappa shape index (κ2) is 8.11. The Kier molecular flexibility index (Phi) is 5.37. The van der Waals surface area contributed by atoms with E-state index in [-0.39, 0.29) is 28.1 Å². The van der Waals surface area contributed by atoms with Gasteiger partial charge in [0.25, 0.3) is 11.5 Å². The molecule has 154 valence electrons. The molecule has 0 spiro atoms. The number of fused-ring (bicyclic) bond motifs is 1. The van der Waals surface area contributed by atoms with Crippen LogP contribution in [-0.4, -0.2) is 34.1 Å². The molecule has 9 heteroatoms. The van der Waals surface area contributed by atoms with Gasteiger partial charge in [0.15, 0.2) is 0 Å². The minimum Gasteiger partial charge on any atom is -0.497 e. The van der Waals surface area contributed by atoms with Crippen molar-refractivity contribution >= 4 is 28.3 Å². The van der Waals surface area contributed by atoms with Crippen LogP contribution < -0.4 is 15.6 Å². The van der Waals surface area contributed by atoms with Crippen molar-refractivity contribution in [2.45, 2.75) is 13.3 Å². The average Bonchev–Trinajstić information content (AvgIpc) is 3.35. The number of furan rings is 1. The van der Waals surface area contributed by atoms with E-state index in [1.807, 2.05) is 29.6 Å². The molecule has 1 amide bonds. The SMILES string of the molecule is COc1ccc(-c2csc(CCNC(=O)c3c(C)oc4ncn(C)c(=O)c34)n2)cc1. The first-order valence-corrected chi connectivity index (χ1v) is 10.2. The lowest BCUT2D eigenvalue weighted by Crippen LogP contribution is -2.28. The molecule has 1 N–H and O–H groups in total. The lowest BCUT2D eigenvalue weighted by atomic mass is 10.1. The molecule has 0 aliphatic heterocycles. The normalized spacial score (nSPS) is 11.0. The number of nitrogens with one attached hydrogen (secondary N) is 1. The van der Waals surface area contributed by atoms with E-state index in [2.05, 4.69) is 15.3 Å². The van der Waals surface area contributed by atoms with Crippen molar-refractivity contribution in [3.8, 4) is 17.0 Å². The molecular weight excluding hydrogens is 404 g/mol. The van der Waals surface area contributed by atoms with Crippen molar-refractivity contribution in [1.82, 2.24) is 19.9 Å². The third kappa shape index (κ3) is 3.71. The molecule has 3 aromatic heterocycles. The lowest BCUT2D eigenvalue weighted by molar-refractivity contribution is 0.0954. The first-order chi connectivity index (χ1) is 14.5. The molecule has 0 aliphatic carbocycles. The molecule has 0 aliphatic rings. The summed E-state index contributed by atoms with van der Waals surface area (Å²) >= 11 is 1.54. The number of amides is 1. The number of aromatic nitrogens is 3. The van der Waals surface area contributed by atoms with Crippen LogP contribution in [0.25, 0.3) is 22.4 Å². The molecule has 0 radical (unpaired) electrons. The zero-order chi connectivity index (χ0) is 21.3. The Hall–Kier alpha value is -3.46. The van der Waals surface area contributed by atoms with Gasteiger partial charge in [0.05, 0.1) is 23.4 Å². The second-order valence-corrected chi connectivity index (χ2v) is 7.68. The van der Waals surface area contributed by atoms with Crippen molar-refractivity contribution in [3.05, 3.63) is 62.7 Å². The molecule has 0 saturated heterocycles. The third-order valence-electron chi connectivity index (χ3n) is 4.74. The minimum atomic E-state index is -0.358. The number of nitrogens with zero attached hydrogens (tertiary/aromatic N) is 3. The van der Waals surface area contributed by atoms with Gasteiger partial charge in [0.2, 0.25) is 5.71 Å². The monoisotopic (exact) mass is 424 g/mol. The minimum absolute atomic E-state index is 0.171. The summed E-state index contributed by atoms with van der Waals surface area (Å²) in [6.45, 7) is 2.04. The number of methoxy groups -OCH3 is 1. The number of ether oxygens (including phenoxy) is 1. The molecule has 0 unspecified atom stereocenters. The van der Waals surface area contributed by atoms with E-state index in [0.717, 1.165) is 22.0 Å². The Bertz CT molecular complexity index is 1270. The van der Waals surface area contributed by atoms with Crippen molar-refractivity contribution in [2.24, 2.45) is 7.05 Å². The summed E-state index contributed by atoms with van der Waals surface area (Å²) in [6.07, 6.45) is 1.95. The van der Waals surface area contributed by atoms with E-state index in [0.29, 0.717) is 18.7 Å². The summed E-state index contributed by atoms with van der Waals surface area (Å²) in [6, 6.07) is 7.71. The molecule has 3 heterocycles.